The van der Waals surface area contributed by atoms with Gasteiger partial charge in [-0.25, -0.2) is 4.98 Å². The molecule has 5 heteroatoms. The summed E-state index contributed by atoms with van der Waals surface area (Å²) in [5, 5.41) is 5.49. The number of fused-ring (bicyclic) bond motifs is 1. The fourth-order valence-corrected chi connectivity index (χ4v) is 3.41. The number of rotatable bonds is 5. The second-order valence-electron chi connectivity index (χ2n) is 6.61. The van der Waals surface area contributed by atoms with Crippen LogP contribution < -0.4 is 20.5 Å². The van der Waals surface area contributed by atoms with E-state index in [1.165, 1.54) is 6.42 Å². The summed E-state index contributed by atoms with van der Waals surface area (Å²) >= 11 is 0. The Kier molecular flexibility index (Phi) is 4.63. The van der Waals surface area contributed by atoms with Crippen LogP contribution in [0, 0.1) is 0 Å². The minimum atomic E-state index is 0.405. The lowest BCUT2D eigenvalue weighted by Crippen LogP contribution is -2.28. The van der Waals surface area contributed by atoms with Gasteiger partial charge >= 0.3 is 0 Å². The van der Waals surface area contributed by atoms with Crippen LogP contribution in [0.3, 0.4) is 0 Å². The van der Waals surface area contributed by atoms with Gasteiger partial charge in [0.05, 0.1) is 7.11 Å². The van der Waals surface area contributed by atoms with Crippen LogP contribution in [-0.2, 0) is 0 Å². The van der Waals surface area contributed by atoms with E-state index < -0.39 is 0 Å². The van der Waals surface area contributed by atoms with E-state index in [1.54, 1.807) is 7.11 Å². The maximum atomic E-state index is 6.05. The van der Waals surface area contributed by atoms with Gasteiger partial charge in [-0.2, -0.15) is 0 Å². The van der Waals surface area contributed by atoms with E-state index >= 15 is 0 Å². The van der Waals surface area contributed by atoms with Crippen molar-refractivity contribution in [3.05, 3.63) is 48.7 Å². The van der Waals surface area contributed by atoms with Crippen LogP contribution in [-0.4, -0.2) is 31.3 Å². The van der Waals surface area contributed by atoms with Gasteiger partial charge < -0.3 is 20.5 Å². The maximum Gasteiger partial charge on any atom is 0.221 e. The quantitative estimate of drug-likeness (QED) is 0.689. The van der Waals surface area contributed by atoms with Crippen molar-refractivity contribution in [2.45, 2.75) is 18.9 Å². The molecular weight excluding hydrogens is 326 g/mol. The van der Waals surface area contributed by atoms with Crippen molar-refractivity contribution in [3.8, 4) is 22.8 Å². The molecule has 0 bridgehead atoms. The van der Waals surface area contributed by atoms with Gasteiger partial charge in [0, 0.05) is 34.3 Å². The average Bonchev–Trinajstić information content (AvgIpc) is 3.20. The van der Waals surface area contributed by atoms with Crippen LogP contribution >= 0.6 is 0 Å². The Morgan fingerprint density at radius 2 is 2.00 bits per heavy atom. The third-order valence-electron chi connectivity index (χ3n) is 4.86. The molecule has 5 nitrogen and oxygen atoms in total. The van der Waals surface area contributed by atoms with Crippen molar-refractivity contribution in [1.29, 1.82) is 0 Å². The van der Waals surface area contributed by atoms with E-state index in [2.05, 4.69) is 10.3 Å². The second kappa shape index (κ2) is 7.22. The van der Waals surface area contributed by atoms with E-state index in [1.807, 2.05) is 48.7 Å². The first kappa shape index (κ1) is 16.7. The molecule has 1 aromatic heterocycles. The number of nitrogens with one attached hydrogen (secondary N) is 1. The van der Waals surface area contributed by atoms with Crippen molar-refractivity contribution < 1.29 is 9.47 Å². The molecule has 1 aliphatic rings. The molecule has 3 N–H and O–H groups in total. The van der Waals surface area contributed by atoms with Gasteiger partial charge in [-0.05, 0) is 55.3 Å². The Hall–Kier alpha value is -2.79. The zero-order valence-electron chi connectivity index (χ0n) is 14.9. The summed E-state index contributed by atoms with van der Waals surface area (Å²) in [6, 6.07) is 14.2. The molecule has 1 aliphatic heterocycles. The standard InChI is InChI=1S/C21H23N3O2/c1-25-17-8-9-18-19(11-17)20(14-4-6-15(22)7-5-14)12-24-21(18)26-13-16-3-2-10-23-16/h4-9,11-12,16,23H,2-3,10,13,22H2,1H3. The highest BCUT2D eigenvalue weighted by molar-refractivity contribution is 5.99. The lowest BCUT2D eigenvalue weighted by molar-refractivity contribution is 0.271. The summed E-state index contributed by atoms with van der Waals surface area (Å²) in [6.07, 6.45) is 4.22. The lowest BCUT2D eigenvalue weighted by Gasteiger charge is -2.15. The highest BCUT2D eigenvalue weighted by Gasteiger charge is 2.17. The Labute approximate surface area is 153 Å². The Morgan fingerprint density at radius 1 is 1.15 bits per heavy atom. The van der Waals surface area contributed by atoms with Crippen molar-refractivity contribution in [3.63, 3.8) is 0 Å². The van der Waals surface area contributed by atoms with Crippen molar-refractivity contribution in [1.82, 2.24) is 10.3 Å². The fourth-order valence-electron chi connectivity index (χ4n) is 3.41. The third-order valence-corrected chi connectivity index (χ3v) is 4.86. The molecular formula is C21H23N3O2. The number of ether oxygens (including phenoxy) is 2. The van der Waals surface area contributed by atoms with Gasteiger partial charge in [-0.3, -0.25) is 0 Å². The zero-order chi connectivity index (χ0) is 17.9. The highest BCUT2D eigenvalue weighted by atomic mass is 16.5. The molecule has 0 radical (unpaired) electrons. The number of methoxy groups -OCH3 is 1. The summed E-state index contributed by atoms with van der Waals surface area (Å²) in [6.45, 7) is 1.70. The number of hydrogen-bond acceptors (Lipinski definition) is 5. The lowest BCUT2D eigenvalue weighted by atomic mass is 10.00. The van der Waals surface area contributed by atoms with Gasteiger partial charge in [0.15, 0.2) is 0 Å². The number of hydrogen-bond donors (Lipinski definition) is 2. The van der Waals surface area contributed by atoms with E-state index in [0.29, 0.717) is 18.5 Å². The predicted molar refractivity (Wildman–Crippen MR) is 105 cm³/mol. The molecule has 0 amide bonds. The number of nitrogens with two attached hydrogens (primary N) is 1. The largest absolute Gasteiger partial charge is 0.497 e. The summed E-state index contributed by atoms with van der Waals surface area (Å²) in [7, 11) is 1.68. The molecule has 1 unspecified atom stereocenters. The third kappa shape index (κ3) is 3.30. The van der Waals surface area contributed by atoms with Crippen molar-refractivity contribution in [2.24, 2.45) is 0 Å². The molecule has 1 fully saturated rings. The van der Waals surface area contributed by atoms with Crippen LogP contribution in [0.1, 0.15) is 12.8 Å². The Bertz CT molecular complexity index is 903. The summed E-state index contributed by atoms with van der Waals surface area (Å²) in [5.74, 6) is 1.47. The Balaban J connectivity index is 1.75. The number of benzene rings is 2. The van der Waals surface area contributed by atoms with E-state index in [9.17, 15) is 0 Å². The molecule has 0 aliphatic carbocycles. The van der Waals surface area contributed by atoms with Crippen molar-refractivity contribution in [2.75, 3.05) is 26.0 Å². The number of pyridine rings is 1. The summed E-state index contributed by atoms with van der Waals surface area (Å²) in [5.41, 5.74) is 8.66. The smallest absolute Gasteiger partial charge is 0.221 e. The van der Waals surface area contributed by atoms with Gasteiger partial charge in [0.2, 0.25) is 5.88 Å². The molecule has 4 rings (SSSR count). The molecule has 0 spiro atoms. The molecule has 0 saturated carbocycles. The first-order valence-corrected chi connectivity index (χ1v) is 8.93. The van der Waals surface area contributed by atoms with Crippen LogP contribution in [0.5, 0.6) is 11.6 Å². The van der Waals surface area contributed by atoms with Crippen LogP contribution in [0.15, 0.2) is 48.7 Å². The first-order chi connectivity index (χ1) is 12.7. The van der Waals surface area contributed by atoms with Crippen molar-refractivity contribution >= 4 is 16.5 Å². The highest BCUT2D eigenvalue weighted by Crippen LogP contribution is 2.35. The molecule has 2 aromatic carbocycles. The SMILES string of the molecule is COc1ccc2c(OCC3CCCN3)ncc(-c3ccc(N)cc3)c2c1. The van der Waals surface area contributed by atoms with Crippen LogP contribution in [0.4, 0.5) is 5.69 Å². The number of anilines is 1. The van der Waals surface area contributed by atoms with Gasteiger partial charge in [-0.15, -0.1) is 0 Å². The number of nitrogen functional groups attached to an aromatic ring is 1. The molecule has 134 valence electrons. The summed E-state index contributed by atoms with van der Waals surface area (Å²) in [4.78, 5) is 4.60. The van der Waals surface area contributed by atoms with Crippen LogP contribution in [0.2, 0.25) is 0 Å². The van der Waals surface area contributed by atoms with Crippen LogP contribution in [0.25, 0.3) is 21.9 Å². The zero-order valence-corrected chi connectivity index (χ0v) is 14.9. The minimum Gasteiger partial charge on any atom is -0.497 e. The normalized spacial score (nSPS) is 16.7. The predicted octanol–water partition coefficient (Wildman–Crippen LogP) is 3.62. The number of nitrogens with zero attached hydrogens (tertiary/aromatic N) is 1. The average molecular weight is 349 g/mol. The second-order valence-corrected chi connectivity index (χ2v) is 6.61. The summed E-state index contributed by atoms with van der Waals surface area (Å²) < 4.78 is 11.5. The van der Waals surface area contributed by atoms with E-state index in [0.717, 1.165) is 46.3 Å². The fraction of sp³-hybridized carbons (Fsp3) is 0.286. The number of aromatic nitrogens is 1. The van der Waals surface area contributed by atoms with E-state index in [-0.39, 0.29) is 0 Å². The molecule has 3 aromatic rings. The first-order valence-electron chi connectivity index (χ1n) is 8.93. The monoisotopic (exact) mass is 349 g/mol. The minimum absolute atomic E-state index is 0.405. The molecule has 1 saturated heterocycles. The maximum absolute atomic E-state index is 6.05. The Morgan fingerprint density at radius 3 is 2.73 bits per heavy atom. The van der Waals surface area contributed by atoms with Gasteiger partial charge in [-0.1, -0.05) is 12.1 Å². The topological polar surface area (TPSA) is 69.4 Å². The van der Waals surface area contributed by atoms with Gasteiger partial charge in [0.1, 0.15) is 12.4 Å². The molecule has 2 heterocycles. The molecule has 26 heavy (non-hydrogen) atoms. The van der Waals surface area contributed by atoms with Gasteiger partial charge in [0.25, 0.3) is 0 Å². The van der Waals surface area contributed by atoms with E-state index in [4.69, 9.17) is 15.2 Å². The molecule has 1 atom stereocenters.